The number of hydrogen-bond acceptors (Lipinski definition) is 6. The maximum Gasteiger partial charge on any atom is 0.306 e. The van der Waals surface area contributed by atoms with Crippen molar-refractivity contribution in [1.82, 2.24) is 0 Å². The van der Waals surface area contributed by atoms with Crippen molar-refractivity contribution in [2.45, 2.75) is 290 Å². The minimum absolute atomic E-state index is 0.108. The summed E-state index contributed by atoms with van der Waals surface area (Å²) in [6.45, 7) is 6.42. The van der Waals surface area contributed by atoms with Crippen LogP contribution < -0.4 is 0 Å². The molecule has 0 aliphatic rings. The Morgan fingerprint density at radius 2 is 0.526 bits per heavy atom. The van der Waals surface area contributed by atoms with Gasteiger partial charge in [0, 0.05) is 19.3 Å². The van der Waals surface area contributed by atoms with Gasteiger partial charge in [-0.25, -0.2) is 0 Å². The summed E-state index contributed by atoms with van der Waals surface area (Å²) in [5.74, 6) is -0.982. The third-order valence-electron chi connectivity index (χ3n) is 13.4. The van der Waals surface area contributed by atoms with E-state index in [0.29, 0.717) is 19.3 Å². The molecule has 0 radical (unpaired) electrons. The normalized spacial score (nSPS) is 13.0. The average Bonchev–Trinajstić information content (AvgIpc) is 3.44. The molecule has 0 aliphatic carbocycles. The molecule has 6 heteroatoms. The lowest BCUT2D eigenvalue weighted by molar-refractivity contribution is -0.167. The SMILES string of the molecule is CC/C=C\C/C=C\C/C=C\C/C=C\C/C=C\C/C=C\C/C=C\CCCC(=O)OCC(COC(=O)CCCCCCC/C=C\C/C=C\CCCC)OC(=O)CCCCCCCCCCCCC/C=C\C/C=C\CCCCCCC. The first-order valence-electron chi connectivity index (χ1n) is 32.2. The smallest absolute Gasteiger partial charge is 0.306 e. The summed E-state index contributed by atoms with van der Waals surface area (Å²) in [6.07, 6.45) is 91.7. The lowest BCUT2D eigenvalue weighted by Crippen LogP contribution is -2.30. The van der Waals surface area contributed by atoms with Crippen LogP contribution in [0.1, 0.15) is 284 Å². The Morgan fingerprint density at radius 3 is 0.872 bits per heavy atom. The molecule has 0 aromatic carbocycles. The van der Waals surface area contributed by atoms with E-state index in [0.717, 1.165) is 122 Å². The van der Waals surface area contributed by atoms with Gasteiger partial charge in [-0.1, -0.05) is 270 Å². The summed E-state index contributed by atoms with van der Waals surface area (Å²) in [5.41, 5.74) is 0. The Morgan fingerprint density at radius 1 is 0.269 bits per heavy atom. The molecule has 0 heterocycles. The van der Waals surface area contributed by atoms with Gasteiger partial charge in [0.05, 0.1) is 0 Å². The molecule has 0 saturated carbocycles. The van der Waals surface area contributed by atoms with E-state index in [-0.39, 0.29) is 37.5 Å². The first-order chi connectivity index (χ1) is 38.5. The van der Waals surface area contributed by atoms with E-state index in [1.807, 2.05) is 0 Å². The van der Waals surface area contributed by atoms with Crippen molar-refractivity contribution >= 4 is 17.9 Å². The van der Waals surface area contributed by atoms with Gasteiger partial charge in [0.15, 0.2) is 6.10 Å². The molecular formula is C72H118O6. The first kappa shape index (κ1) is 73.5. The van der Waals surface area contributed by atoms with Gasteiger partial charge < -0.3 is 14.2 Å². The van der Waals surface area contributed by atoms with Crippen LogP contribution in [-0.4, -0.2) is 37.2 Å². The summed E-state index contributed by atoms with van der Waals surface area (Å²) in [7, 11) is 0. The molecule has 1 atom stereocenters. The molecule has 0 fully saturated rings. The summed E-state index contributed by atoms with van der Waals surface area (Å²) in [4.78, 5) is 38.3. The fourth-order valence-corrected chi connectivity index (χ4v) is 8.54. The Hall–Kier alpha value is -4.45. The zero-order valence-corrected chi connectivity index (χ0v) is 50.6. The molecule has 0 bridgehead atoms. The topological polar surface area (TPSA) is 78.9 Å². The van der Waals surface area contributed by atoms with Gasteiger partial charge in [-0.05, 0) is 128 Å². The highest BCUT2D eigenvalue weighted by atomic mass is 16.6. The van der Waals surface area contributed by atoms with Crippen molar-refractivity contribution in [2.75, 3.05) is 13.2 Å². The lowest BCUT2D eigenvalue weighted by Gasteiger charge is -2.18. The van der Waals surface area contributed by atoms with Crippen LogP contribution in [0.4, 0.5) is 0 Å². The molecule has 78 heavy (non-hydrogen) atoms. The molecule has 0 rings (SSSR count). The number of carbonyl (C=O) groups excluding carboxylic acids is 3. The molecule has 0 aliphatic heterocycles. The highest BCUT2D eigenvalue weighted by Crippen LogP contribution is 2.15. The Bertz CT molecular complexity index is 1670. The zero-order valence-electron chi connectivity index (χ0n) is 50.6. The van der Waals surface area contributed by atoms with E-state index in [2.05, 4.69) is 154 Å². The fraction of sp³-hybridized carbons (Fsp3) is 0.653. The largest absolute Gasteiger partial charge is 0.462 e. The maximum atomic E-state index is 12.9. The second-order valence-corrected chi connectivity index (χ2v) is 20.9. The summed E-state index contributed by atoms with van der Waals surface area (Å²) >= 11 is 0. The van der Waals surface area contributed by atoms with E-state index < -0.39 is 6.10 Å². The van der Waals surface area contributed by atoms with Crippen molar-refractivity contribution in [3.63, 3.8) is 0 Å². The van der Waals surface area contributed by atoms with E-state index in [1.165, 1.54) is 116 Å². The lowest BCUT2D eigenvalue weighted by atomic mass is 10.0. The second-order valence-electron chi connectivity index (χ2n) is 20.9. The molecule has 442 valence electrons. The predicted molar refractivity (Wildman–Crippen MR) is 339 cm³/mol. The van der Waals surface area contributed by atoms with Crippen LogP contribution in [0.5, 0.6) is 0 Å². The van der Waals surface area contributed by atoms with Crippen molar-refractivity contribution < 1.29 is 28.6 Å². The number of hydrogen-bond donors (Lipinski definition) is 0. The third kappa shape index (κ3) is 62.4. The molecular weight excluding hydrogens is 961 g/mol. The van der Waals surface area contributed by atoms with Crippen LogP contribution >= 0.6 is 0 Å². The van der Waals surface area contributed by atoms with E-state index >= 15 is 0 Å². The minimum atomic E-state index is -0.815. The Kier molecular flexibility index (Phi) is 61.4. The van der Waals surface area contributed by atoms with E-state index in [1.54, 1.807) is 0 Å². The number of carbonyl (C=O) groups is 3. The van der Waals surface area contributed by atoms with Crippen LogP contribution in [0.3, 0.4) is 0 Å². The molecule has 0 saturated heterocycles. The molecule has 0 aromatic heterocycles. The Labute approximate surface area is 481 Å². The summed E-state index contributed by atoms with van der Waals surface area (Å²) in [6, 6.07) is 0. The molecule has 0 aromatic rings. The number of ether oxygens (including phenoxy) is 3. The third-order valence-corrected chi connectivity index (χ3v) is 13.4. The number of allylic oxidation sites excluding steroid dienone is 22. The van der Waals surface area contributed by atoms with Crippen LogP contribution in [0, 0.1) is 0 Å². The van der Waals surface area contributed by atoms with Crippen LogP contribution in [0.25, 0.3) is 0 Å². The van der Waals surface area contributed by atoms with Crippen molar-refractivity contribution in [3.05, 3.63) is 134 Å². The fourth-order valence-electron chi connectivity index (χ4n) is 8.54. The van der Waals surface area contributed by atoms with Gasteiger partial charge in [-0.15, -0.1) is 0 Å². The molecule has 6 nitrogen and oxygen atoms in total. The monoisotopic (exact) mass is 1080 g/mol. The average molecular weight is 1080 g/mol. The second kappa shape index (κ2) is 65.1. The number of esters is 3. The number of rotatable bonds is 57. The van der Waals surface area contributed by atoms with Crippen molar-refractivity contribution in [3.8, 4) is 0 Å². The first-order valence-corrected chi connectivity index (χ1v) is 32.2. The predicted octanol–water partition coefficient (Wildman–Crippen LogP) is 22.2. The quantitative estimate of drug-likeness (QED) is 0.0261. The van der Waals surface area contributed by atoms with Crippen LogP contribution in [0.2, 0.25) is 0 Å². The minimum Gasteiger partial charge on any atom is -0.462 e. The highest BCUT2D eigenvalue weighted by molar-refractivity contribution is 5.71. The van der Waals surface area contributed by atoms with Crippen molar-refractivity contribution in [1.29, 1.82) is 0 Å². The van der Waals surface area contributed by atoms with Gasteiger partial charge in [-0.3, -0.25) is 14.4 Å². The van der Waals surface area contributed by atoms with Crippen molar-refractivity contribution in [2.24, 2.45) is 0 Å². The summed E-state index contributed by atoms with van der Waals surface area (Å²) in [5, 5.41) is 0. The van der Waals surface area contributed by atoms with Gasteiger partial charge in [0.1, 0.15) is 13.2 Å². The molecule has 0 N–H and O–H groups in total. The van der Waals surface area contributed by atoms with Gasteiger partial charge in [0.25, 0.3) is 0 Å². The van der Waals surface area contributed by atoms with Gasteiger partial charge in [-0.2, -0.15) is 0 Å². The van der Waals surface area contributed by atoms with E-state index in [4.69, 9.17) is 14.2 Å². The summed E-state index contributed by atoms with van der Waals surface area (Å²) < 4.78 is 16.9. The van der Waals surface area contributed by atoms with Crippen LogP contribution in [-0.2, 0) is 28.6 Å². The molecule has 1 unspecified atom stereocenters. The standard InChI is InChI=1S/C72H118O6/c1-4-7-10-13-16-19-22-25-28-30-32-34-36-38-40-42-44-47-50-53-56-59-62-65-71(74)77-68-69(67-76-70(73)64-61-58-55-52-49-46-27-24-21-18-15-12-9-6-3)78-72(75)66-63-60-57-54-51-48-45-43-41-39-37-35-33-31-29-26-23-20-17-14-11-8-5-2/h7,10,15-16,18-19,23-28,31-34,38,40,44,47,53,56,69H,4-6,8-9,11-14,17,20-22,29-30,35-37,39,41-43,45-46,48-52,54-55,57-68H2,1-3H3/b10-7-,18-15-,19-16-,26-23-,27-24-,28-25-,33-31-,34-32-,40-38-,47-44-,56-53-. The van der Waals surface area contributed by atoms with E-state index in [9.17, 15) is 14.4 Å². The zero-order chi connectivity index (χ0) is 56.4. The highest BCUT2D eigenvalue weighted by Gasteiger charge is 2.19. The van der Waals surface area contributed by atoms with Gasteiger partial charge in [0.2, 0.25) is 0 Å². The van der Waals surface area contributed by atoms with Gasteiger partial charge >= 0.3 is 17.9 Å². The Balaban J connectivity index is 4.47. The number of unbranched alkanes of at least 4 members (excludes halogenated alkanes) is 24. The molecule has 0 amide bonds. The van der Waals surface area contributed by atoms with Crippen LogP contribution in [0.15, 0.2) is 134 Å². The maximum absolute atomic E-state index is 12.9. The molecule has 0 spiro atoms.